The molecule has 1 heteroatoms. The Balaban J connectivity index is -0.0000000797. The first-order valence-corrected chi connectivity index (χ1v) is 12.3. The van der Waals surface area contributed by atoms with Crippen LogP contribution in [0.1, 0.15) is 136 Å². The second-order valence-corrected chi connectivity index (χ2v) is 10.3. The Labute approximate surface area is 183 Å². The maximum absolute atomic E-state index is 8.24. The fraction of sp³-hybridized carbons (Fsp3) is 1.00. The number of rotatable bonds is 7. The van der Waals surface area contributed by atoms with Crippen molar-refractivity contribution >= 4 is 0 Å². The fourth-order valence-corrected chi connectivity index (χ4v) is 1.31. The van der Waals surface area contributed by atoms with E-state index in [4.69, 9.17) is 5.11 Å². The SMILES string of the molecule is CC(C)C.CC(C)CCO.CCC(C)C.CCC(C)C(C)C.CCCC(C)C. The third kappa shape index (κ3) is 83.0. The fourth-order valence-electron chi connectivity index (χ4n) is 1.31. The van der Waals surface area contributed by atoms with E-state index in [1.54, 1.807) is 0 Å². The summed E-state index contributed by atoms with van der Waals surface area (Å²) in [5.74, 6) is 5.03. The Morgan fingerprint density at radius 1 is 0.536 bits per heavy atom. The van der Waals surface area contributed by atoms with Gasteiger partial charge in [-0.25, -0.2) is 0 Å². The summed E-state index contributed by atoms with van der Waals surface area (Å²) in [5, 5.41) is 8.24. The quantitative estimate of drug-likeness (QED) is 0.447. The summed E-state index contributed by atoms with van der Waals surface area (Å²) in [5.41, 5.74) is 0. The number of hydrogen-bond acceptors (Lipinski definition) is 1. The van der Waals surface area contributed by atoms with Crippen LogP contribution in [-0.4, -0.2) is 11.7 Å². The van der Waals surface area contributed by atoms with Crippen LogP contribution in [0, 0.1) is 35.5 Å². The molecule has 0 rings (SSSR count). The first kappa shape index (κ1) is 38.6. The zero-order valence-corrected chi connectivity index (χ0v) is 23.2. The van der Waals surface area contributed by atoms with Crippen molar-refractivity contribution in [1.82, 2.24) is 0 Å². The van der Waals surface area contributed by atoms with Crippen molar-refractivity contribution in [2.75, 3.05) is 6.61 Å². The van der Waals surface area contributed by atoms with Gasteiger partial charge in [-0.15, -0.1) is 0 Å². The van der Waals surface area contributed by atoms with Gasteiger partial charge in [0, 0.05) is 6.61 Å². The third-order valence-corrected chi connectivity index (χ3v) is 4.17. The zero-order chi connectivity index (χ0) is 23.7. The molecule has 1 N–H and O–H groups in total. The third-order valence-electron chi connectivity index (χ3n) is 4.17. The predicted molar refractivity (Wildman–Crippen MR) is 136 cm³/mol. The summed E-state index contributed by atoms with van der Waals surface area (Å²) in [7, 11) is 0. The van der Waals surface area contributed by atoms with Crippen molar-refractivity contribution in [2.24, 2.45) is 35.5 Å². The van der Waals surface area contributed by atoms with Gasteiger partial charge in [-0.3, -0.25) is 0 Å². The lowest BCUT2D eigenvalue weighted by Gasteiger charge is -2.10. The van der Waals surface area contributed by atoms with E-state index in [1.165, 1.54) is 25.7 Å². The zero-order valence-electron chi connectivity index (χ0n) is 23.2. The molecule has 0 amide bonds. The molecule has 0 bridgehead atoms. The van der Waals surface area contributed by atoms with E-state index in [9.17, 15) is 0 Å². The van der Waals surface area contributed by atoms with Gasteiger partial charge in [0.2, 0.25) is 0 Å². The van der Waals surface area contributed by atoms with Crippen LogP contribution in [0.5, 0.6) is 0 Å². The highest BCUT2D eigenvalue weighted by Gasteiger charge is 2.01. The summed E-state index contributed by atoms with van der Waals surface area (Å²) in [6.45, 7) is 33.5. The minimum absolute atomic E-state index is 0.331. The lowest BCUT2D eigenvalue weighted by atomic mass is 9.96. The highest BCUT2D eigenvalue weighted by atomic mass is 16.3. The molecule has 0 aliphatic carbocycles. The minimum Gasteiger partial charge on any atom is -0.396 e. The van der Waals surface area contributed by atoms with Crippen molar-refractivity contribution in [2.45, 2.75) is 136 Å². The van der Waals surface area contributed by atoms with E-state index in [-0.39, 0.29) is 0 Å². The maximum Gasteiger partial charge on any atom is 0.0433 e. The van der Waals surface area contributed by atoms with Crippen LogP contribution in [-0.2, 0) is 0 Å². The second kappa shape index (κ2) is 31.6. The topological polar surface area (TPSA) is 20.2 Å². The molecule has 178 valence electrons. The van der Waals surface area contributed by atoms with Gasteiger partial charge in [-0.2, -0.15) is 0 Å². The molecule has 1 atom stereocenters. The monoisotopic (exact) mass is 404 g/mol. The van der Waals surface area contributed by atoms with Crippen LogP contribution in [0.25, 0.3) is 0 Å². The summed E-state index contributed by atoms with van der Waals surface area (Å²) < 4.78 is 0. The van der Waals surface area contributed by atoms with Crippen molar-refractivity contribution in [1.29, 1.82) is 0 Å². The van der Waals surface area contributed by atoms with Crippen LogP contribution in [0.3, 0.4) is 0 Å². The molecular weight excluding hydrogens is 340 g/mol. The van der Waals surface area contributed by atoms with Crippen molar-refractivity contribution in [3.63, 3.8) is 0 Å². The van der Waals surface area contributed by atoms with Gasteiger partial charge in [-0.05, 0) is 41.9 Å². The van der Waals surface area contributed by atoms with E-state index in [0.29, 0.717) is 12.5 Å². The molecule has 0 fully saturated rings. The summed E-state index contributed by atoms with van der Waals surface area (Å²) in [6.07, 6.45) is 6.26. The van der Waals surface area contributed by atoms with Gasteiger partial charge < -0.3 is 5.11 Å². The largest absolute Gasteiger partial charge is 0.396 e. The Bertz CT molecular complexity index is 204. The van der Waals surface area contributed by atoms with Gasteiger partial charge in [0.1, 0.15) is 0 Å². The lowest BCUT2D eigenvalue weighted by molar-refractivity contribution is 0.268. The predicted octanol–water partition coefficient (Wildman–Crippen LogP) is 9.87. The Morgan fingerprint density at radius 3 is 0.857 bits per heavy atom. The Kier molecular flexibility index (Phi) is 43.6. The van der Waals surface area contributed by atoms with E-state index in [0.717, 1.165) is 36.0 Å². The number of aliphatic hydroxyl groups excluding tert-OH is 1. The first-order chi connectivity index (χ1) is 12.7. The molecule has 0 saturated carbocycles. The molecule has 0 spiro atoms. The Hall–Kier alpha value is -0.0400. The molecule has 0 aromatic heterocycles. The minimum atomic E-state index is 0.331. The molecular formula is C27H64O. The maximum atomic E-state index is 8.24. The van der Waals surface area contributed by atoms with E-state index in [2.05, 4.69) is 104 Å². The van der Waals surface area contributed by atoms with Crippen LogP contribution in [0.4, 0.5) is 0 Å². The first-order valence-electron chi connectivity index (χ1n) is 12.3. The second-order valence-electron chi connectivity index (χ2n) is 10.3. The average Bonchev–Trinajstić information content (AvgIpc) is 2.54. The van der Waals surface area contributed by atoms with Crippen LogP contribution in [0.15, 0.2) is 0 Å². The average molecular weight is 405 g/mol. The van der Waals surface area contributed by atoms with Crippen LogP contribution in [0.2, 0.25) is 0 Å². The van der Waals surface area contributed by atoms with E-state index in [1.807, 2.05) is 0 Å². The molecule has 0 radical (unpaired) electrons. The molecule has 0 aromatic rings. The van der Waals surface area contributed by atoms with Crippen LogP contribution < -0.4 is 0 Å². The summed E-state index contributed by atoms with van der Waals surface area (Å²) in [6, 6.07) is 0. The smallest absolute Gasteiger partial charge is 0.0433 e. The highest BCUT2D eigenvalue weighted by molar-refractivity contribution is 4.52. The normalized spacial score (nSPS) is 11.0. The summed E-state index contributed by atoms with van der Waals surface area (Å²) in [4.78, 5) is 0. The molecule has 0 saturated heterocycles. The number of aliphatic hydroxyl groups is 1. The van der Waals surface area contributed by atoms with E-state index < -0.39 is 0 Å². The molecule has 0 aromatic carbocycles. The van der Waals surface area contributed by atoms with Gasteiger partial charge in [0.15, 0.2) is 0 Å². The molecule has 0 aliphatic heterocycles. The standard InChI is InChI=1S/C7H16.C6H14.C5H12O.C5H12.C4H10/c1-5-7(4)6(2)3;1-4-5-6(2)3;1-5(2)3-4-6;1-4-5(2)3;1-4(2)3/h6-7H,5H2,1-4H3;6H,4-5H2,1-3H3;5-6H,3-4H2,1-2H3;5H,4H2,1-3H3;4H,1-3H3. The Morgan fingerprint density at radius 2 is 0.857 bits per heavy atom. The van der Waals surface area contributed by atoms with Crippen molar-refractivity contribution in [3.8, 4) is 0 Å². The van der Waals surface area contributed by atoms with Gasteiger partial charge in [0.05, 0.1) is 0 Å². The van der Waals surface area contributed by atoms with Gasteiger partial charge >= 0.3 is 0 Å². The van der Waals surface area contributed by atoms with Crippen molar-refractivity contribution < 1.29 is 5.11 Å². The van der Waals surface area contributed by atoms with Gasteiger partial charge in [0.25, 0.3) is 0 Å². The van der Waals surface area contributed by atoms with Gasteiger partial charge in [-0.1, -0.05) is 130 Å². The van der Waals surface area contributed by atoms with Crippen LogP contribution >= 0.6 is 0 Å². The molecule has 1 nitrogen and oxygen atoms in total. The molecule has 0 aliphatic rings. The summed E-state index contributed by atoms with van der Waals surface area (Å²) >= 11 is 0. The van der Waals surface area contributed by atoms with Crippen molar-refractivity contribution in [3.05, 3.63) is 0 Å². The molecule has 1 unspecified atom stereocenters. The highest BCUT2D eigenvalue weighted by Crippen LogP contribution is 2.11. The van der Waals surface area contributed by atoms with E-state index >= 15 is 0 Å². The lowest BCUT2D eigenvalue weighted by Crippen LogP contribution is -2.00. The molecule has 0 heterocycles. The number of hydrogen-bond donors (Lipinski definition) is 1. The molecule has 28 heavy (non-hydrogen) atoms.